The van der Waals surface area contributed by atoms with Gasteiger partial charge in [0.15, 0.2) is 0 Å². The third-order valence-electron chi connectivity index (χ3n) is 2.44. The largest absolute Gasteiger partial charge is 0.276 e. The van der Waals surface area contributed by atoms with Crippen molar-refractivity contribution in [2.75, 3.05) is 5.43 Å². The summed E-state index contributed by atoms with van der Waals surface area (Å²) in [4.78, 5) is 8.38. The minimum Gasteiger partial charge on any atom is -0.276 e. The average Bonchev–Trinajstić information content (AvgIpc) is 2.49. The highest BCUT2D eigenvalue weighted by Crippen LogP contribution is 2.20. The monoisotopic (exact) mass is 262 g/mol. The second-order valence-electron chi connectivity index (χ2n) is 3.87. The number of aryl methyl sites for hydroxylation is 1. The smallest absolute Gasteiger partial charge is 0.237 e. The van der Waals surface area contributed by atoms with Crippen molar-refractivity contribution >= 4 is 11.4 Å². The van der Waals surface area contributed by atoms with Crippen molar-refractivity contribution in [1.82, 2.24) is 9.97 Å². The van der Waals surface area contributed by atoms with E-state index in [1.165, 1.54) is 0 Å². The molecule has 6 nitrogen and oxygen atoms in total. The van der Waals surface area contributed by atoms with E-state index in [0.29, 0.717) is 11.5 Å². The zero-order chi connectivity index (χ0) is 14.4. The summed E-state index contributed by atoms with van der Waals surface area (Å²) < 4.78 is 0. The van der Waals surface area contributed by atoms with Gasteiger partial charge in [-0.15, -0.1) is 0 Å². The van der Waals surface area contributed by atoms with Crippen LogP contribution in [0.3, 0.4) is 0 Å². The number of rotatable bonds is 3. The third kappa shape index (κ3) is 3.15. The molecule has 1 aromatic carbocycles. The zero-order valence-electron chi connectivity index (χ0n) is 10.7. The van der Waals surface area contributed by atoms with Gasteiger partial charge in [-0.25, -0.2) is 9.97 Å². The Morgan fingerprint density at radius 1 is 1.25 bits per heavy atom. The Balaban J connectivity index is 2.28. The molecule has 0 fully saturated rings. The van der Waals surface area contributed by atoms with Crippen molar-refractivity contribution < 1.29 is 0 Å². The van der Waals surface area contributed by atoms with Crippen molar-refractivity contribution in [1.29, 1.82) is 10.5 Å². The van der Waals surface area contributed by atoms with Crippen LogP contribution in [0.15, 0.2) is 41.6 Å². The minimum absolute atomic E-state index is 0.228. The maximum absolute atomic E-state index is 8.61. The van der Waals surface area contributed by atoms with Crippen LogP contribution in [0.25, 0.3) is 11.3 Å². The molecule has 0 atom stereocenters. The molecule has 0 amide bonds. The van der Waals surface area contributed by atoms with Crippen LogP contribution in [-0.2, 0) is 0 Å². The number of nitriles is 2. The molecular weight excluding hydrogens is 252 g/mol. The Hall–Kier alpha value is -3.25. The average molecular weight is 262 g/mol. The molecule has 0 aliphatic carbocycles. The molecule has 0 spiro atoms. The molecule has 0 aliphatic heterocycles. The summed E-state index contributed by atoms with van der Waals surface area (Å²) in [6, 6.07) is 12.5. The lowest BCUT2D eigenvalue weighted by atomic mass is 10.1. The molecule has 1 aromatic heterocycles. The van der Waals surface area contributed by atoms with Crippen LogP contribution in [0, 0.1) is 29.6 Å². The highest BCUT2D eigenvalue weighted by atomic mass is 15.3. The summed E-state index contributed by atoms with van der Waals surface area (Å²) in [5.41, 5.74) is 4.80. The van der Waals surface area contributed by atoms with E-state index in [4.69, 9.17) is 10.5 Å². The second-order valence-corrected chi connectivity index (χ2v) is 3.87. The first-order chi connectivity index (χ1) is 9.72. The second kappa shape index (κ2) is 6.07. The number of hydrogen-bond acceptors (Lipinski definition) is 6. The Labute approximate surface area is 116 Å². The van der Waals surface area contributed by atoms with Gasteiger partial charge < -0.3 is 0 Å². The van der Waals surface area contributed by atoms with Crippen LogP contribution in [-0.4, -0.2) is 15.7 Å². The Morgan fingerprint density at radius 3 is 2.75 bits per heavy atom. The molecule has 96 valence electrons. The summed E-state index contributed by atoms with van der Waals surface area (Å²) >= 11 is 0. The molecule has 20 heavy (non-hydrogen) atoms. The van der Waals surface area contributed by atoms with Gasteiger partial charge in [-0.2, -0.15) is 15.6 Å². The highest BCUT2D eigenvalue weighted by molar-refractivity contribution is 6.10. The van der Waals surface area contributed by atoms with Gasteiger partial charge in [0.1, 0.15) is 18.0 Å². The number of hydrazone groups is 1. The predicted octanol–water partition coefficient (Wildman–Crippen LogP) is 2.27. The van der Waals surface area contributed by atoms with Gasteiger partial charge in [0, 0.05) is 11.8 Å². The van der Waals surface area contributed by atoms with E-state index in [0.717, 1.165) is 11.3 Å². The molecule has 0 saturated carbocycles. The lowest BCUT2D eigenvalue weighted by molar-refractivity contribution is 1.06. The standard InChI is InChI=1S/C14H10N6/c1-10-17-6-5-14(18-10)11-3-2-4-12(7-11)19-20-13(8-15)9-16/h2-7,19H,1H3. The number of aromatic nitrogens is 2. The van der Waals surface area contributed by atoms with Gasteiger partial charge >= 0.3 is 0 Å². The van der Waals surface area contributed by atoms with Crippen molar-refractivity contribution in [2.24, 2.45) is 5.10 Å². The lowest BCUT2D eigenvalue weighted by Gasteiger charge is -2.04. The fourth-order valence-electron chi connectivity index (χ4n) is 1.56. The van der Waals surface area contributed by atoms with E-state index < -0.39 is 0 Å². The Kier molecular flexibility index (Phi) is 4.01. The number of hydrogen-bond donors (Lipinski definition) is 1. The fourth-order valence-corrected chi connectivity index (χ4v) is 1.56. The summed E-state index contributed by atoms with van der Waals surface area (Å²) in [6.07, 6.45) is 1.69. The molecule has 0 radical (unpaired) electrons. The van der Waals surface area contributed by atoms with Crippen molar-refractivity contribution in [3.8, 4) is 23.4 Å². The van der Waals surface area contributed by atoms with E-state index >= 15 is 0 Å². The van der Waals surface area contributed by atoms with E-state index in [-0.39, 0.29) is 5.71 Å². The first-order valence-corrected chi connectivity index (χ1v) is 5.77. The van der Waals surface area contributed by atoms with Crippen molar-refractivity contribution in [2.45, 2.75) is 6.92 Å². The molecule has 1 heterocycles. The molecular formula is C14H10N6. The van der Waals surface area contributed by atoms with Crippen LogP contribution >= 0.6 is 0 Å². The molecule has 2 rings (SSSR count). The van der Waals surface area contributed by atoms with E-state index in [1.807, 2.05) is 31.2 Å². The SMILES string of the molecule is Cc1nccc(-c2cccc(NN=C(C#N)C#N)c2)n1. The van der Waals surface area contributed by atoms with Crippen LogP contribution in [0.4, 0.5) is 5.69 Å². The Morgan fingerprint density at radius 2 is 2.05 bits per heavy atom. The molecule has 0 aliphatic rings. The summed E-state index contributed by atoms with van der Waals surface area (Å²) in [6.45, 7) is 1.82. The minimum atomic E-state index is -0.228. The normalized spacial score (nSPS) is 9.15. The van der Waals surface area contributed by atoms with Gasteiger partial charge in [-0.1, -0.05) is 12.1 Å². The van der Waals surface area contributed by atoms with Crippen LogP contribution < -0.4 is 5.43 Å². The van der Waals surface area contributed by atoms with E-state index in [9.17, 15) is 0 Å². The quantitative estimate of drug-likeness (QED) is 0.675. The number of benzene rings is 1. The van der Waals surface area contributed by atoms with Crippen molar-refractivity contribution in [3.63, 3.8) is 0 Å². The summed E-state index contributed by atoms with van der Waals surface area (Å²) in [5.74, 6) is 0.690. The van der Waals surface area contributed by atoms with Crippen LogP contribution in [0.2, 0.25) is 0 Å². The van der Waals surface area contributed by atoms with Gasteiger partial charge in [0.25, 0.3) is 0 Å². The zero-order valence-corrected chi connectivity index (χ0v) is 10.7. The number of nitrogens with one attached hydrogen (secondary N) is 1. The van der Waals surface area contributed by atoms with Crippen molar-refractivity contribution in [3.05, 3.63) is 42.4 Å². The predicted molar refractivity (Wildman–Crippen MR) is 74.5 cm³/mol. The summed E-state index contributed by atoms with van der Waals surface area (Å²) in [5, 5.41) is 20.9. The van der Waals surface area contributed by atoms with Gasteiger partial charge in [0.05, 0.1) is 11.4 Å². The van der Waals surface area contributed by atoms with E-state index in [2.05, 4.69) is 20.5 Å². The molecule has 2 aromatic rings. The maximum Gasteiger partial charge on any atom is 0.237 e. The van der Waals surface area contributed by atoms with Crippen LogP contribution in [0.1, 0.15) is 5.82 Å². The Bertz CT molecular complexity index is 720. The molecule has 0 bridgehead atoms. The third-order valence-corrected chi connectivity index (χ3v) is 2.44. The van der Waals surface area contributed by atoms with Gasteiger partial charge in [-0.05, 0) is 25.1 Å². The highest BCUT2D eigenvalue weighted by Gasteiger charge is 2.01. The first kappa shape index (κ1) is 13.2. The molecule has 6 heteroatoms. The molecule has 0 saturated heterocycles. The molecule has 0 unspecified atom stereocenters. The number of nitrogens with zero attached hydrogens (tertiary/aromatic N) is 5. The van der Waals surface area contributed by atoms with Crippen LogP contribution in [0.5, 0.6) is 0 Å². The van der Waals surface area contributed by atoms with E-state index in [1.54, 1.807) is 24.4 Å². The van der Waals surface area contributed by atoms with Gasteiger partial charge in [0.2, 0.25) is 5.71 Å². The topological polar surface area (TPSA) is 97.8 Å². The van der Waals surface area contributed by atoms with Gasteiger partial charge in [-0.3, -0.25) is 5.43 Å². The first-order valence-electron chi connectivity index (χ1n) is 5.77. The number of anilines is 1. The lowest BCUT2D eigenvalue weighted by Crippen LogP contribution is -1.96. The molecule has 1 N–H and O–H groups in total. The maximum atomic E-state index is 8.61. The summed E-state index contributed by atoms with van der Waals surface area (Å²) in [7, 11) is 0. The fraction of sp³-hybridized carbons (Fsp3) is 0.0714.